The molecule has 160 valence electrons. The monoisotopic (exact) mass is 427 g/mol. The molecule has 0 aromatic heterocycles. The van der Waals surface area contributed by atoms with Gasteiger partial charge in [0, 0.05) is 5.56 Å². The van der Waals surface area contributed by atoms with E-state index in [1.54, 1.807) is 24.3 Å². The average molecular weight is 427 g/mol. The number of esters is 1. The topological polar surface area (TPSA) is 80.8 Å². The number of fused-ring (bicyclic) bond motifs is 1. The van der Waals surface area contributed by atoms with Crippen molar-refractivity contribution in [3.63, 3.8) is 0 Å². The number of anilines is 1. The van der Waals surface area contributed by atoms with Gasteiger partial charge in [0.15, 0.2) is 6.10 Å². The number of ketones is 1. The second-order valence-corrected chi connectivity index (χ2v) is 7.77. The number of aryl methyl sites for hydroxylation is 2. The van der Waals surface area contributed by atoms with Crippen molar-refractivity contribution in [1.82, 2.24) is 0 Å². The van der Waals surface area contributed by atoms with Gasteiger partial charge in [-0.25, -0.2) is 9.69 Å². The highest BCUT2D eigenvalue weighted by atomic mass is 16.5. The lowest BCUT2D eigenvalue weighted by Gasteiger charge is -2.16. The van der Waals surface area contributed by atoms with Crippen LogP contribution in [-0.2, 0) is 4.74 Å². The molecule has 1 aliphatic rings. The van der Waals surface area contributed by atoms with Crippen molar-refractivity contribution in [3.05, 3.63) is 100 Å². The van der Waals surface area contributed by atoms with Gasteiger partial charge in [-0.05, 0) is 50.6 Å². The minimum Gasteiger partial charge on any atom is -0.451 e. The number of nitrogens with zero attached hydrogens (tertiary/aromatic N) is 1. The summed E-state index contributed by atoms with van der Waals surface area (Å²) in [5.41, 5.74) is 3.19. The Labute approximate surface area is 185 Å². The van der Waals surface area contributed by atoms with Gasteiger partial charge in [0.25, 0.3) is 11.8 Å². The number of amides is 2. The number of ether oxygens (including phenoxy) is 1. The van der Waals surface area contributed by atoms with E-state index in [0.717, 1.165) is 16.0 Å². The number of para-hydroxylation sites is 1. The zero-order valence-electron chi connectivity index (χ0n) is 17.9. The molecule has 1 heterocycles. The Morgan fingerprint density at radius 1 is 0.812 bits per heavy atom. The van der Waals surface area contributed by atoms with E-state index in [9.17, 15) is 19.2 Å². The first kappa shape index (κ1) is 21.2. The predicted molar refractivity (Wildman–Crippen MR) is 119 cm³/mol. The number of Topliss-reactive ketones (excluding diaryl/α,β-unsaturated/α-hetero) is 1. The Hall–Kier alpha value is -4.06. The van der Waals surface area contributed by atoms with Gasteiger partial charge in [-0.1, -0.05) is 48.0 Å². The summed E-state index contributed by atoms with van der Waals surface area (Å²) in [6.07, 6.45) is -1.00. The molecular formula is C26H21NO5. The fourth-order valence-corrected chi connectivity index (χ4v) is 3.64. The van der Waals surface area contributed by atoms with Crippen molar-refractivity contribution in [1.29, 1.82) is 0 Å². The van der Waals surface area contributed by atoms with Crippen LogP contribution in [0.3, 0.4) is 0 Å². The van der Waals surface area contributed by atoms with Crippen LogP contribution in [0.5, 0.6) is 0 Å². The summed E-state index contributed by atoms with van der Waals surface area (Å²) in [7, 11) is 0. The molecule has 6 heteroatoms. The van der Waals surface area contributed by atoms with E-state index in [2.05, 4.69) is 0 Å². The van der Waals surface area contributed by atoms with E-state index >= 15 is 0 Å². The Morgan fingerprint density at radius 3 is 2.12 bits per heavy atom. The molecule has 3 aromatic rings. The fraction of sp³-hybridized carbons (Fsp3) is 0.154. The second kappa shape index (κ2) is 8.23. The molecule has 0 spiro atoms. The maximum Gasteiger partial charge on any atom is 0.338 e. The van der Waals surface area contributed by atoms with E-state index in [1.807, 2.05) is 38.1 Å². The number of carbonyl (C=O) groups is 4. The molecule has 0 unspecified atom stereocenters. The summed E-state index contributed by atoms with van der Waals surface area (Å²) in [6, 6.07) is 18.3. The first-order valence-electron chi connectivity index (χ1n) is 10.2. The lowest BCUT2D eigenvalue weighted by molar-refractivity contribution is 0.0318. The molecule has 1 atom stereocenters. The third kappa shape index (κ3) is 3.71. The van der Waals surface area contributed by atoms with Gasteiger partial charge < -0.3 is 4.74 Å². The van der Waals surface area contributed by atoms with Crippen LogP contribution in [-0.4, -0.2) is 29.7 Å². The number of benzene rings is 3. The SMILES string of the molecule is Cc1ccc(C(=O)[C@H](C)OC(=O)c2ccc3c(c2)C(=O)N(c2ccccc2C)C3=O)cc1. The fourth-order valence-electron chi connectivity index (χ4n) is 3.64. The molecule has 2 amide bonds. The minimum absolute atomic E-state index is 0.0973. The van der Waals surface area contributed by atoms with Gasteiger partial charge >= 0.3 is 5.97 Å². The van der Waals surface area contributed by atoms with Gasteiger partial charge in [-0.15, -0.1) is 0 Å². The zero-order valence-corrected chi connectivity index (χ0v) is 17.9. The van der Waals surface area contributed by atoms with Crippen molar-refractivity contribution in [2.24, 2.45) is 0 Å². The molecule has 0 aliphatic carbocycles. The first-order chi connectivity index (χ1) is 15.3. The van der Waals surface area contributed by atoms with Crippen LogP contribution in [0, 0.1) is 13.8 Å². The van der Waals surface area contributed by atoms with Gasteiger partial charge in [-0.3, -0.25) is 14.4 Å². The summed E-state index contributed by atoms with van der Waals surface area (Å²) in [4.78, 5) is 52.1. The molecule has 1 aliphatic heterocycles. The Kier molecular flexibility index (Phi) is 5.45. The van der Waals surface area contributed by atoms with E-state index in [1.165, 1.54) is 25.1 Å². The number of hydrogen-bond acceptors (Lipinski definition) is 5. The largest absolute Gasteiger partial charge is 0.451 e. The van der Waals surface area contributed by atoms with Crippen LogP contribution in [0.1, 0.15) is 59.5 Å². The third-order valence-corrected chi connectivity index (χ3v) is 5.47. The Bertz CT molecular complexity index is 1260. The second-order valence-electron chi connectivity index (χ2n) is 7.77. The van der Waals surface area contributed by atoms with Crippen LogP contribution in [0.2, 0.25) is 0 Å². The minimum atomic E-state index is -1.00. The molecular weight excluding hydrogens is 406 g/mol. The van der Waals surface area contributed by atoms with Crippen LogP contribution < -0.4 is 4.90 Å². The molecule has 0 radical (unpaired) electrons. The van der Waals surface area contributed by atoms with E-state index in [0.29, 0.717) is 11.3 Å². The number of hydrogen-bond donors (Lipinski definition) is 0. The van der Waals surface area contributed by atoms with Gasteiger partial charge in [0.05, 0.1) is 22.4 Å². The molecule has 0 saturated heterocycles. The zero-order chi connectivity index (χ0) is 23.0. The van der Waals surface area contributed by atoms with Crippen molar-refractivity contribution < 1.29 is 23.9 Å². The van der Waals surface area contributed by atoms with E-state index in [4.69, 9.17) is 4.74 Å². The van der Waals surface area contributed by atoms with Crippen molar-refractivity contribution in [2.45, 2.75) is 26.9 Å². The maximum absolute atomic E-state index is 13.0. The summed E-state index contributed by atoms with van der Waals surface area (Å²) in [5.74, 6) is -2.01. The highest BCUT2D eigenvalue weighted by Crippen LogP contribution is 2.31. The van der Waals surface area contributed by atoms with Gasteiger partial charge in [-0.2, -0.15) is 0 Å². The predicted octanol–water partition coefficient (Wildman–Crippen LogP) is 4.53. The Balaban J connectivity index is 1.55. The normalized spacial score (nSPS) is 13.7. The average Bonchev–Trinajstić information content (AvgIpc) is 3.03. The highest BCUT2D eigenvalue weighted by molar-refractivity contribution is 6.35. The summed E-state index contributed by atoms with van der Waals surface area (Å²) < 4.78 is 5.34. The molecule has 0 fully saturated rings. The summed E-state index contributed by atoms with van der Waals surface area (Å²) in [5, 5.41) is 0. The van der Waals surface area contributed by atoms with Crippen LogP contribution >= 0.6 is 0 Å². The van der Waals surface area contributed by atoms with Gasteiger partial charge in [0.2, 0.25) is 5.78 Å². The lowest BCUT2D eigenvalue weighted by Crippen LogP contribution is -2.29. The lowest BCUT2D eigenvalue weighted by atomic mass is 10.0. The standard InChI is InChI=1S/C26H21NO5/c1-15-8-10-18(11-9-15)23(28)17(3)32-26(31)19-12-13-20-21(14-19)25(30)27(24(20)29)22-7-5-4-6-16(22)2/h4-14,17H,1-3H3/t17-/m0/s1. The molecule has 4 rings (SSSR count). The molecule has 0 saturated carbocycles. The number of carbonyl (C=O) groups excluding carboxylic acids is 4. The quantitative estimate of drug-likeness (QED) is 0.339. The Morgan fingerprint density at radius 2 is 1.44 bits per heavy atom. The van der Waals surface area contributed by atoms with Crippen LogP contribution in [0.4, 0.5) is 5.69 Å². The molecule has 6 nitrogen and oxygen atoms in total. The van der Waals surface area contributed by atoms with E-state index in [-0.39, 0.29) is 22.5 Å². The maximum atomic E-state index is 13.0. The van der Waals surface area contributed by atoms with Crippen molar-refractivity contribution >= 4 is 29.3 Å². The van der Waals surface area contributed by atoms with Crippen LogP contribution in [0.25, 0.3) is 0 Å². The smallest absolute Gasteiger partial charge is 0.338 e. The van der Waals surface area contributed by atoms with Crippen molar-refractivity contribution in [3.8, 4) is 0 Å². The summed E-state index contributed by atoms with van der Waals surface area (Å²) in [6.45, 7) is 5.23. The third-order valence-electron chi connectivity index (χ3n) is 5.47. The molecule has 3 aromatic carbocycles. The van der Waals surface area contributed by atoms with E-state index < -0.39 is 23.9 Å². The summed E-state index contributed by atoms with van der Waals surface area (Å²) >= 11 is 0. The van der Waals surface area contributed by atoms with Crippen LogP contribution in [0.15, 0.2) is 66.7 Å². The first-order valence-corrected chi connectivity index (χ1v) is 10.2. The molecule has 32 heavy (non-hydrogen) atoms. The molecule has 0 bridgehead atoms. The van der Waals surface area contributed by atoms with Gasteiger partial charge in [0.1, 0.15) is 0 Å². The number of rotatable bonds is 5. The number of imide groups is 1. The highest BCUT2D eigenvalue weighted by Gasteiger charge is 2.38. The van der Waals surface area contributed by atoms with Crippen molar-refractivity contribution in [2.75, 3.05) is 4.90 Å². The molecule has 0 N–H and O–H groups in total.